The molecule has 0 fully saturated rings. The third kappa shape index (κ3) is 4.88. The van der Waals surface area contributed by atoms with Crippen LogP contribution in [0, 0.1) is 0 Å². The van der Waals surface area contributed by atoms with Crippen molar-refractivity contribution in [2.24, 2.45) is 0 Å². The number of rotatable bonds is 7. The number of nitrogens with one attached hydrogen (secondary N) is 1. The van der Waals surface area contributed by atoms with E-state index in [1.54, 1.807) is 17.9 Å². The fraction of sp³-hybridized carbons (Fsp3) is 0.0667. The largest absolute Gasteiger partial charge is 0.497 e. The van der Waals surface area contributed by atoms with E-state index < -0.39 is 0 Å². The minimum absolute atomic E-state index is 0.255. The van der Waals surface area contributed by atoms with Crippen molar-refractivity contribution < 1.29 is 9.53 Å². The number of carbonyl (C=O) groups is 1. The van der Waals surface area contributed by atoms with Crippen molar-refractivity contribution in [1.82, 2.24) is 15.1 Å². The number of aromatic nitrogens is 2. The average molecular weight is 494 g/mol. The van der Waals surface area contributed by atoms with Gasteiger partial charge in [0.2, 0.25) is 0 Å². The van der Waals surface area contributed by atoms with Crippen molar-refractivity contribution >= 4 is 17.5 Å². The number of amides is 1. The summed E-state index contributed by atoms with van der Waals surface area (Å²) in [6.07, 6.45) is 0. The Morgan fingerprint density at radius 1 is 0.833 bits per heavy atom. The molecular weight excluding hydrogens is 470 g/mol. The molecule has 0 atom stereocenters. The van der Waals surface area contributed by atoms with Gasteiger partial charge in [-0.25, -0.2) is 4.68 Å². The number of hydrogen-bond acceptors (Lipinski definition) is 3. The Labute approximate surface area is 214 Å². The molecule has 0 aliphatic heterocycles. The lowest BCUT2D eigenvalue weighted by atomic mass is 9.98. The Morgan fingerprint density at radius 2 is 1.42 bits per heavy atom. The lowest BCUT2D eigenvalue weighted by Gasteiger charge is -2.20. The molecule has 4 aromatic carbocycles. The van der Waals surface area contributed by atoms with E-state index >= 15 is 0 Å². The molecule has 1 heterocycles. The molecule has 1 aromatic heterocycles. The SMILES string of the molecule is COc1ccc(-n2nc(-c3ccccc3Cl)cc2C(=O)NC(c2ccccc2)c2ccccc2)cc1. The van der Waals surface area contributed by atoms with Crippen LogP contribution >= 0.6 is 11.6 Å². The number of hydrogen-bond donors (Lipinski definition) is 1. The molecule has 1 N–H and O–H groups in total. The number of methoxy groups -OCH3 is 1. The van der Waals surface area contributed by atoms with Gasteiger partial charge in [0.1, 0.15) is 11.4 Å². The summed E-state index contributed by atoms with van der Waals surface area (Å²) in [5.74, 6) is 0.464. The molecule has 0 saturated heterocycles. The molecule has 0 saturated carbocycles. The van der Waals surface area contributed by atoms with Crippen molar-refractivity contribution in [2.45, 2.75) is 6.04 Å². The van der Waals surface area contributed by atoms with Crippen LogP contribution in [0.15, 0.2) is 115 Å². The first-order valence-corrected chi connectivity index (χ1v) is 11.9. The number of nitrogens with zero attached hydrogens (tertiary/aromatic N) is 2. The minimum Gasteiger partial charge on any atom is -0.497 e. The van der Waals surface area contributed by atoms with E-state index in [1.165, 1.54) is 0 Å². The summed E-state index contributed by atoms with van der Waals surface area (Å²) < 4.78 is 6.94. The van der Waals surface area contributed by atoms with Crippen LogP contribution in [0.5, 0.6) is 5.75 Å². The molecule has 1 amide bonds. The topological polar surface area (TPSA) is 56.2 Å². The zero-order chi connectivity index (χ0) is 24.9. The fourth-order valence-electron chi connectivity index (χ4n) is 4.12. The molecule has 0 aliphatic carbocycles. The lowest BCUT2D eigenvalue weighted by Crippen LogP contribution is -2.31. The standard InChI is InChI=1S/C30H24ClN3O2/c1-36-24-18-16-23(17-19-24)34-28(20-27(33-34)25-14-8-9-15-26(25)31)30(35)32-29(21-10-4-2-5-11-21)22-12-6-3-7-13-22/h2-20,29H,1H3,(H,32,35). The summed E-state index contributed by atoms with van der Waals surface area (Å²) in [5, 5.41) is 8.56. The predicted molar refractivity (Wildman–Crippen MR) is 143 cm³/mol. The smallest absolute Gasteiger partial charge is 0.270 e. The van der Waals surface area contributed by atoms with Gasteiger partial charge in [0, 0.05) is 5.56 Å². The first-order valence-electron chi connectivity index (χ1n) is 11.5. The van der Waals surface area contributed by atoms with Crippen LogP contribution in [0.3, 0.4) is 0 Å². The first kappa shape index (κ1) is 23.4. The molecule has 0 bridgehead atoms. The minimum atomic E-state index is -0.331. The molecule has 5 nitrogen and oxygen atoms in total. The van der Waals surface area contributed by atoms with Crippen molar-refractivity contribution in [3.63, 3.8) is 0 Å². The summed E-state index contributed by atoms with van der Waals surface area (Å²) in [4.78, 5) is 13.8. The van der Waals surface area contributed by atoms with Crippen LogP contribution in [0.4, 0.5) is 0 Å². The molecule has 0 unspecified atom stereocenters. The lowest BCUT2D eigenvalue weighted by molar-refractivity contribution is 0.0935. The Kier molecular flexibility index (Phi) is 6.83. The molecule has 5 rings (SSSR count). The second-order valence-corrected chi connectivity index (χ2v) is 8.64. The molecule has 36 heavy (non-hydrogen) atoms. The molecule has 0 aliphatic rings. The zero-order valence-electron chi connectivity index (χ0n) is 19.6. The van der Waals surface area contributed by atoms with Crippen molar-refractivity contribution in [3.05, 3.63) is 137 Å². The molecule has 5 aromatic rings. The maximum Gasteiger partial charge on any atom is 0.270 e. The van der Waals surface area contributed by atoms with Crippen LogP contribution in [0.1, 0.15) is 27.7 Å². The summed E-state index contributed by atoms with van der Waals surface area (Å²) in [7, 11) is 1.62. The predicted octanol–water partition coefficient (Wildman–Crippen LogP) is 6.72. The van der Waals surface area contributed by atoms with Gasteiger partial charge in [0.15, 0.2) is 0 Å². The number of carbonyl (C=O) groups excluding carboxylic acids is 1. The summed E-state index contributed by atoms with van der Waals surface area (Å²) in [6.45, 7) is 0. The Balaban J connectivity index is 1.58. The molecule has 0 radical (unpaired) electrons. The molecular formula is C30H24ClN3O2. The van der Waals surface area contributed by atoms with Gasteiger partial charge in [-0.1, -0.05) is 90.5 Å². The van der Waals surface area contributed by atoms with E-state index in [-0.39, 0.29) is 11.9 Å². The average Bonchev–Trinajstić information content (AvgIpc) is 3.38. The fourth-order valence-corrected chi connectivity index (χ4v) is 4.35. The Bertz CT molecular complexity index is 1430. The Hall–Kier alpha value is -4.35. The van der Waals surface area contributed by atoms with Gasteiger partial charge in [0.25, 0.3) is 5.91 Å². The summed E-state index contributed by atoms with van der Waals surface area (Å²) in [5.41, 5.74) is 4.46. The van der Waals surface area contributed by atoms with Gasteiger partial charge in [-0.05, 0) is 47.5 Å². The van der Waals surface area contributed by atoms with Crippen LogP contribution in [-0.4, -0.2) is 22.8 Å². The number of halogens is 1. The highest BCUT2D eigenvalue weighted by Gasteiger charge is 2.23. The molecule has 178 valence electrons. The summed E-state index contributed by atoms with van der Waals surface area (Å²) >= 11 is 6.46. The van der Waals surface area contributed by atoms with Crippen molar-refractivity contribution in [1.29, 1.82) is 0 Å². The van der Waals surface area contributed by atoms with Gasteiger partial charge in [-0.2, -0.15) is 5.10 Å². The Morgan fingerprint density at radius 3 is 2.00 bits per heavy atom. The highest BCUT2D eigenvalue weighted by Crippen LogP contribution is 2.29. The van der Waals surface area contributed by atoms with E-state index in [0.717, 1.165) is 28.1 Å². The first-order chi connectivity index (χ1) is 17.6. The highest BCUT2D eigenvalue weighted by molar-refractivity contribution is 6.33. The normalized spacial score (nSPS) is 10.9. The zero-order valence-corrected chi connectivity index (χ0v) is 20.4. The van der Waals surface area contributed by atoms with E-state index in [0.29, 0.717) is 16.4 Å². The molecule has 0 spiro atoms. The maximum absolute atomic E-state index is 13.8. The van der Waals surface area contributed by atoms with E-state index in [9.17, 15) is 4.79 Å². The second-order valence-electron chi connectivity index (χ2n) is 8.23. The van der Waals surface area contributed by atoms with Gasteiger partial charge < -0.3 is 10.1 Å². The van der Waals surface area contributed by atoms with Gasteiger partial charge >= 0.3 is 0 Å². The van der Waals surface area contributed by atoms with Gasteiger partial charge in [-0.3, -0.25) is 4.79 Å². The van der Waals surface area contributed by atoms with E-state index in [2.05, 4.69) is 5.32 Å². The third-order valence-electron chi connectivity index (χ3n) is 5.95. The maximum atomic E-state index is 13.8. The van der Waals surface area contributed by atoms with E-state index in [4.69, 9.17) is 21.4 Å². The monoisotopic (exact) mass is 493 g/mol. The van der Waals surface area contributed by atoms with Crippen LogP contribution in [0.2, 0.25) is 5.02 Å². The van der Waals surface area contributed by atoms with Crippen molar-refractivity contribution in [2.75, 3.05) is 7.11 Å². The number of benzene rings is 4. The van der Waals surface area contributed by atoms with Crippen LogP contribution in [0.25, 0.3) is 16.9 Å². The molecule has 6 heteroatoms. The van der Waals surface area contributed by atoms with E-state index in [1.807, 2.05) is 109 Å². The van der Waals surface area contributed by atoms with Gasteiger partial charge in [0.05, 0.1) is 29.6 Å². The van der Waals surface area contributed by atoms with Crippen LogP contribution < -0.4 is 10.1 Å². The quantitative estimate of drug-likeness (QED) is 0.274. The second kappa shape index (κ2) is 10.5. The summed E-state index contributed by atoms with van der Waals surface area (Å²) in [6, 6.07) is 36.1. The van der Waals surface area contributed by atoms with Gasteiger partial charge in [-0.15, -0.1) is 0 Å². The van der Waals surface area contributed by atoms with Crippen LogP contribution in [-0.2, 0) is 0 Å². The third-order valence-corrected chi connectivity index (χ3v) is 6.28. The van der Waals surface area contributed by atoms with Crippen molar-refractivity contribution in [3.8, 4) is 22.7 Å². The number of ether oxygens (including phenoxy) is 1. The highest BCUT2D eigenvalue weighted by atomic mass is 35.5.